The molecule has 0 radical (unpaired) electrons. The molecule has 3 N–H and O–H groups in total. The molecule has 0 aliphatic carbocycles. The van der Waals surface area contributed by atoms with Crippen LogP contribution in [0.25, 0.3) is 11.0 Å². The fraction of sp³-hybridized carbons (Fsp3) is 0. The highest BCUT2D eigenvalue weighted by Crippen LogP contribution is 2.24. The Kier molecular flexibility index (Phi) is 2.16. The van der Waals surface area contributed by atoms with Crippen LogP contribution in [0.2, 0.25) is 0 Å². The molecule has 0 atom stereocenters. The molecule has 0 bridgehead atoms. The second-order valence-corrected chi connectivity index (χ2v) is 3.99. The lowest BCUT2D eigenvalue weighted by molar-refractivity contribution is 0.0698. The molecule has 1 aromatic carbocycles. The van der Waals surface area contributed by atoms with Gasteiger partial charge in [-0.15, -0.1) is 0 Å². The molecule has 0 saturated heterocycles. The van der Waals surface area contributed by atoms with Crippen molar-refractivity contribution in [3.63, 3.8) is 0 Å². The standard InChI is InChI=1S/C8H5BrN2O2S/c9-3-1-2-4-6(5(3)7(12)13)11-8(14)10-4/h1-2H,(H,12,13)(H2,10,11,14). The van der Waals surface area contributed by atoms with E-state index in [1.807, 2.05) is 0 Å². The van der Waals surface area contributed by atoms with E-state index in [0.29, 0.717) is 20.3 Å². The molecule has 0 aliphatic rings. The van der Waals surface area contributed by atoms with E-state index in [1.165, 1.54) is 0 Å². The van der Waals surface area contributed by atoms with Gasteiger partial charge in [0.2, 0.25) is 0 Å². The summed E-state index contributed by atoms with van der Waals surface area (Å²) in [7, 11) is 0. The van der Waals surface area contributed by atoms with Crippen LogP contribution in [-0.4, -0.2) is 21.0 Å². The fourth-order valence-electron chi connectivity index (χ4n) is 1.29. The normalized spacial score (nSPS) is 10.6. The van der Waals surface area contributed by atoms with Crippen molar-refractivity contribution >= 4 is 45.2 Å². The summed E-state index contributed by atoms with van der Waals surface area (Å²) in [6.07, 6.45) is 0. The molecular weight excluding hydrogens is 268 g/mol. The molecule has 72 valence electrons. The predicted molar refractivity (Wildman–Crippen MR) is 58.1 cm³/mol. The number of aromatic nitrogens is 2. The largest absolute Gasteiger partial charge is 0.478 e. The zero-order valence-electron chi connectivity index (χ0n) is 6.80. The Labute approximate surface area is 92.1 Å². The average molecular weight is 273 g/mol. The maximum Gasteiger partial charge on any atom is 0.339 e. The van der Waals surface area contributed by atoms with Gasteiger partial charge in [0, 0.05) is 4.47 Å². The number of fused-ring (bicyclic) bond motifs is 1. The van der Waals surface area contributed by atoms with Crippen molar-refractivity contribution in [1.29, 1.82) is 0 Å². The molecule has 2 rings (SSSR count). The maximum absolute atomic E-state index is 10.9. The summed E-state index contributed by atoms with van der Waals surface area (Å²) in [5, 5.41) is 8.98. The molecule has 2 aromatic rings. The second-order valence-electron chi connectivity index (χ2n) is 2.73. The molecule has 14 heavy (non-hydrogen) atoms. The van der Waals surface area contributed by atoms with E-state index in [4.69, 9.17) is 17.3 Å². The number of aromatic carboxylic acids is 1. The number of hydrogen-bond acceptors (Lipinski definition) is 2. The summed E-state index contributed by atoms with van der Waals surface area (Å²) in [5.41, 5.74) is 1.39. The molecule has 0 amide bonds. The lowest BCUT2D eigenvalue weighted by Crippen LogP contribution is -1.98. The third kappa shape index (κ3) is 1.36. The van der Waals surface area contributed by atoms with Gasteiger partial charge in [0.05, 0.1) is 16.6 Å². The van der Waals surface area contributed by atoms with Crippen LogP contribution in [0.1, 0.15) is 10.4 Å². The van der Waals surface area contributed by atoms with Gasteiger partial charge < -0.3 is 15.1 Å². The SMILES string of the molecule is O=C(O)c1c(Br)ccc2[nH]c(=S)[nH]c12. The van der Waals surface area contributed by atoms with Crippen LogP contribution in [0, 0.1) is 4.77 Å². The number of imidazole rings is 1. The lowest BCUT2D eigenvalue weighted by atomic mass is 10.2. The number of hydrogen-bond donors (Lipinski definition) is 3. The minimum Gasteiger partial charge on any atom is -0.478 e. The summed E-state index contributed by atoms with van der Waals surface area (Å²) >= 11 is 8.06. The number of halogens is 1. The van der Waals surface area contributed by atoms with Crippen molar-refractivity contribution in [3.8, 4) is 0 Å². The zero-order chi connectivity index (χ0) is 10.3. The summed E-state index contributed by atoms with van der Waals surface area (Å²) in [4.78, 5) is 16.6. The van der Waals surface area contributed by atoms with Gasteiger partial charge in [-0.1, -0.05) is 0 Å². The Morgan fingerprint density at radius 3 is 2.79 bits per heavy atom. The van der Waals surface area contributed by atoms with Gasteiger partial charge >= 0.3 is 5.97 Å². The van der Waals surface area contributed by atoms with Gasteiger partial charge in [0.15, 0.2) is 4.77 Å². The van der Waals surface area contributed by atoms with E-state index in [2.05, 4.69) is 25.9 Å². The molecule has 0 saturated carbocycles. The van der Waals surface area contributed by atoms with Crippen LogP contribution < -0.4 is 0 Å². The van der Waals surface area contributed by atoms with E-state index >= 15 is 0 Å². The first-order valence-electron chi connectivity index (χ1n) is 3.73. The van der Waals surface area contributed by atoms with E-state index < -0.39 is 5.97 Å². The Balaban J connectivity index is 2.95. The molecule has 0 aliphatic heterocycles. The third-order valence-corrected chi connectivity index (χ3v) is 2.72. The van der Waals surface area contributed by atoms with Crippen LogP contribution in [0.15, 0.2) is 16.6 Å². The van der Waals surface area contributed by atoms with E-state index in [0.717, 1.165) is 0 Å². The molecular formula is C8H5BrN2O2S. The van der Waals surface area contributed by atoms with Crippen LogP contribution in [0.4, 0.5) is 0 Å². The second kappa shape index (κ2) is 3.21. The molecule has 0 fully saturated rings. The Morgan fingerprint density at radius 2 is 2.14 bits per heavy atom. The molecule has 1 aromatic heterocycles. The molecule has 1 heterocycles. The number of carboxylic acids is 1. The minimum atomic E-state index is -0.993. The number of aromatic amines is 2. The molecule has 6 heteroatoms. The Bertz CT molecular complexity index is 572. The van der Waals surface area contributed by atoms with E-state index in [-0.39, 0.29) is 5.56 Å². The zero-order valence-corrected chi connectivity index (χ0v) is 9.20. The van der Waals surface area contributed by atoms with Crippen molar-refractivity contribution < 1.29 is 9.90 Å². The topological polar surface area (TPSA) is 68.9 Å². The first kappa shape index (κ1) is 9.42. The minimum absolute atomic E-state index is 0.190. The van der Waals surface area contributed by atoms with Gasteiger partial charge in [-0.3, -0.25) is 0 Å². The van der Waals surface area contributed by atoms with Gasteiger partial charge in [-0.2, -0.15) is 0 Å². The van der Waals surface area contributed by atoms with E-state index in [1.54, 1.807) is 12.1 Å². The number of carboxylic acid groups (broad SMARTS) is 1. The van der Waals surface area contributed by atoms with Gasteiger partial charge in [-0.05, 0) is 40.3 Å². The molecule has 4 nitrogen and oxygen atoms in total. The summed E-state index contributed by atoms with van der Waals surface area (Å²) in [5.74, 6) is -0.993. The first-order valence-corrected chi connectivity index (χ1v) is 4.93. The lowest BCUT2D eigenvalue weighted by Gasteiger charge is -1.99. The fourth-order valence-corrected chi connectivity index (χ4v) is 2.00. The quantitative estimate of drug-likeness (QED) is 0.700. The van der Waals surface area contributed by atoms with Crippen molar-refractivity contribution in [2.45, 2.75) is 0 Å². The number of rotatable bonds is 1. The van der Waals surface area contributed by atoms with Gasteiger partial charge in [-0.25, -0.2) is 4.79 Å². The van der Waals surface area contributed by atoms with Crippen LogP contribution in [0.5, 0.6) is 0 Å². The monoisotopic (exact) mass is 272 g/mol. The number of nitrogens with one attached hydrogen (secondary N) is 2. The highest BCUT2D eigenvalue weighted by atomic mass is 79.9. The average Bonchev–Trinajstić information content (AvgIpc) is 2.43. The van der Waals surface area contributed by atoms with Crippen molar-refractivity contribution in [2.75, 3.05) is 0 Å². The van der Waals surface area contributed by atoms with Crippen LogP contribution >= 0.6 is 28.1 Å². The third-order valence-electron chi connectivity index (χ3n) is 1.86. The van der Waals surface area contributed by atoms with E-state index in [9.17, 15) is 4.79 Å². The van der Waals surface area contributed by atoms with Crippen molar-refractivity contribution in [2.24, 2.45) is 0 Å². The molecule has 0 unspecified atom stereocenters. The van der Waals surface area contributed by atoms with Crippen molar-refractivity contribution in [3.05, 3.63) is 26.9 Å². The highest BCUT2D eigenvalue weighted by molar-refractivity contribution is 9.10. The van der Waals surface area contributed by atoms with Crippen molar-refractivity contribution in [1.82, 2.24) is 9.97 Å². The number of carbonyl (C=O) groups is 1. The predicted octanol–water partition coefficient (Wildman–Crippen LogP) is 2.69. The summed E-state index contributed by atoms with van der Waals surface area (Å²) in [6, 6.07) is 3.43. The maximum atomic E-state index is 10.9. The van der Waals surface area contributed by atoms with Gasteiger partial charge in [0.1, 0.15) is 0 Å². The van der Waals surface area contributed by atoms with Crippen LogP contribution in [-0.2, 0) is 0 Å². The summed E-state index contributed by atoms with van der Waals surface area (Å²) in [6.45, 7) is 0. The molecule has 0 spiro atoms. The highest BCUT2D eigenvalue weighted by Gasteiger charge is 2.14. The van der Waals surface area contributed by atoms with Gasteiger partial charge in [0.25, 0.3) is 0 Å². The Hall–Kier alpha value is -1.14. The number of H-pyrrole nitrogens is 2. The van der Waals surface area contributed by atoms with Crippen LogP contribution in [0.3, 0.4) is 0 Å². The first-order chi connectivity index (χ1) is 6.59. The Morgan fingerprint density at radius 1 is 1.43 bits per heavy atom. The smallest absolute Gasteiger partial charge is 0.339 e. The summed E-state index contributed by atoms with van der Waals surface area (Å²) < 4.78 is 0.948. The number of benzene rings is 1.